The summed E-state index contributed by atoms with van der Waals surface area (Å²) in [4.78, 5) is 12.1. The van der Waals surface area contributed by atoms with Gasteiger partial charge in [0.1, 0.15) is 5.69 Å². The van der Waals surface area contributed by atoms with Crippen LogP contribution in [0.4, 0.5) is 5.69 Å². The van der Waals surface area contributed by atoms with Crippen molar-refractivity contribution < 1.29 is 4.79 Å². The van der Waals surface area contributed by atoms with Crippen LogP contribution in [0.1, 0.15) is 36.7 Å². The number of anilines is 1. The molecule has 94 valence electrons. The quantitative estimate of drug-likeness (QED) is 0.829. The standard InChI is InChI=1S/C12H20N4O/c1-2-15-9-10(13)8-11(15)12(17)14-16-6-4-3-5-7-16/h8-9H,2-7,13H2,1H3,(H,14,17). The number of aromatic nitrogens is 1. The predicted molar refractivity (Wildman–Crippen MR) is 67.4 cm³/mol. The first-order valence-electron chi connectivity index (χ1n) is 6.22. The number of amides is 1. The number of rotatable bonds is 3. The van der Waals surface area contributed by atoms with Crippen molar-refractivity contribution in [2.24, 2.45) is 0 Å². The molecule has 1 aliphatic rings. The number of nitrogens with one attached hydrogen (secondary N) is 1. The third-order valence-electron chi connectivity index (χ3n) is 3.11. The topological polar surface area (TPSA) is 63.3 Å². The van der Waals surface area contributed by atoms with Gasteiger partial charge in [0.25, 0.3) is 5.91 Å². The molecule has 0 atom stereocenters. The van der Waals surface area contributed by atoms with E-state index < -0.39 is 0 Å². The molecule has 17 heavy (non-hydrogen) atoms. The van der Waals surface area contributed by atoms with Crippen molar-refractivity contribution in [3.05, 3.63) is 18.0 Å². The average Bonchev–Trinajstić information content (AvgIpc) is 2.72. The van der Waals surface area contributed by atoms with Gasteiger partial charge in [-0.3, -0.25) is 10.2 Å². The fraction of sp³-hybridized carbons (Fsp3) is 0.583. The molecule has 5 nitrogen and oxygen atoms in total. The maximum atomic E-state index is 12.1. The molecule has 1 saturated heterocycles. The van der Waals surface area contributed by atoms with Crippen molar-refractivity contribution in [3.8, 4) is 0 Å². The van der Waals surface area contributed by atoms with Gasteiger partial charge < -0.3 is 10.3 Å². The molecule has 1 aliphatic heterocycles. The molecule has 1 aromatic rings. The Kier molecular flexibility index (Phi) is 3.68. The number of hydrogen-bond donors (Lipinski definition) is 2. The molecule has 1 amide bonds. The summed E-state index contributed by atoms with van der Waals surface area (Å²) < 4.78 is 1.87. The van der Waals surface area contributed by atoms with Gasteiger partial charge in [-0.25, -0.2) is 5.01 Å². The van der Waals surface area contributed by atoms with E-state index in [0.29, 0.717) is 11.4 Å². The summed E-state index contributed by atoms with van der Waals surface area (Å²) in [5.41, 5.74) is 9.92. The minimum absolute atomic E-state index is 0.0644. The highest BCUT2D eigenvalue weighted by Gasteiger charge is 2.16. The molecule has 3 N–H and O–H groups in total. The van der Waals surface area contributed by atoms with Crippen LogP contribution < -0.4 is 11.2 Å². The molecule has 0 aromatic carbocycles. The first-order valence-corrected chi connectivity index (χ1v) is 6.22. The Hall–Kier alpha value is -1.49. The second kappa shape index (κ2) is 5.23. The zero-order valence-electron chi connectivity index (χ0n) is 10.3. The maximum Gasteiger partial charge on any atom is 0.282 e. The number of nitrogens with two attached hydrogens (primary N) is 1. The lowest BCUT2D eigenvalue weighted by atomic mass is 10.2. The second-order valence-corrected chi connectivity index (χ2v) is 4.43. The number of piperidine rings is 1. The molecule has 5 heteroatoms. The largest absolute Gasteiger partial charge is 0.397 e. The Morgan fingerprint density at radius 1 is 1.41 bits per heavy atom. The van der Waals surface area contributed by atoms with E-state index in [0.717, 1.165) is 32.5 Å². The lowest BCUT2D eigenvalue weighted by Gasteiger charge is -2.26. The number of hydrogen-bond acceptors (Lipinski definition) is 3. The summed E-state index contributed by atoms with van der Waals surface area (Å²) in [6.45, 7) is 4.62. The van der Waals surface area contributed by atoms with E-state index in [2.05, 4.69) is 5.43 Å². The summed E-state index contributed by atoms with van der Waals surface area (Å²) in [7, 11) is 0. The molecule has 0 bridgehead atoms. The van der Waals surface area contributed by atoms with Crippen molar-refractivity contribution in [3.63, 3.8) is 0 Å². The molecular weight excluding hydrogens is 216 g/mol. The number of aryl methyl sites for hydroxylation is 1. The third kappa shape index (κ3) is 2.79. The molecule has 0 radical (unpaired) electrons. The van der Waals surface area contributed by atoms with Gasteiger partial charge in [0.15, 0.2) is 0 Å². The van der Waals surface area contributed by atoms with Crippen LogP contribution in [0.25, 0.3) is 0 Å². The molecule has 1 aromatic heterocycles. The molecule has 0 aliphatic carbocycles. The van der Waals surface area contributed by atoms with E-state index in [1.165, 1.54) is 6.42 Å². The van der Waals surface area contributed by atoms with Crippen LogP contribution >= 0.6 is 0 Å². The molecule has 2 heterocycles. The van der Waals surface area contributed by atoms with E-state index in [1.54, 1.807) is 12.3 Å². The fourth-order valence-electron chi connectivity index (χ4n) is 2.19. The van der Waals surface area contributed by atoms with Gasteiger partial charge in [0.2, 0.25) is 0 Å². The van der Waals surface area contributed by atoms with Crippen LogP contribution in [-0.2, 0) is 6.54 Å². The molecule has 0 spiro atoms. The minimum Gasteiger partial charge on any atom is -0.397 e. The Morgan fingerprint density at radius 2 is 2.12 bits per heavy atom. The van der Waals surface area contributed by atoms with Crippen molar-refractivity contribution in [2.75, 3.05) is 18.8 Å². The zero-order valence-corrected chi connectivity index (χ0v) is 10.3. The number of carbonyl (C=O) groups excluding carboxylic acids is 1. The smallest absolute Gasteiger partial charge is 0.282 e. The van der Waals surface area contributed by atoms with Gasteiger partial charge in [-0.15, -0.1) is 0 Å². The normalized spacial score (nSPS) is 17.0. The summed E-state index contributed by atoms with van der Waals surface area (Å²) in [5, 5.41) is 2.00. The van der Waals surface area contributed by atoms with Crippen LogP contribution in [0.3, 0.4) is 0 Å². The monoisotopic (exact) mass is 236 g/mol. The highest BCUT2D eigenvalue weighted by molar-refractivity contribution is 5.93. The predicted octanol–water partition coefficient (Wildman–Crippen LogP) is 1.22. The van der Waals surface area contributed by atoms with Crippen LogP contribution in [-0.4, -0.2) is 28.6 Å². The van der Waals surface area contributed by atoms with Crippen molar-refractivity contribution in [1.82, 2.24) is 15.0 Å². The Morgan fingerprint density at radius 3 is 2.76 bits per heavy atom. The summed E-state index contributed by atoms with van der Waals surface area (Å²) in [6.07, 6.45) is 5.35. The van der Waals surface area contributed by atoms with Gasteiger partial charge in [-0.2, -0.15) is 0 Å². The first kappa shape index (κ1) is 12.0. The van der Waals surface area contributed by atoms with E-state index in [9.17, 15) is 4.79 Å². The highest BCUT2D eigenvalue weighted by atomic mass is 16.2. The Balaban J connectivity index is 2.02. The SMILES string of the molecule is CCn1cc(N)cc1C(=O)NN1CCCCC1. The average molecular weight is 236 g/mol. The molecular formula is C12H20N4O. The number of nitrogens with zero attached hydrogens (tertiary/aromatic N) is 2. The van der Waals surface area contributed by atoms with E-state index in [4.69, 9.17) is 5.73 Å². The molecule has 0 unspecified atom stereocenters. The maximum absolute atomic E-state index is 12.1. The van der Waals surface area contributed by atoms with Gasteiger partial charge in [0.05, 0.1) is 5.69 Å². The lowest BCUT2D eigenvalue weighted by molar-refractivity contribution is 0.0740. The Bertz CT molecular complexity index is 393. The molecule has 1 fully saturated rings. The van der Waals surface area contributed by atoms with E-state index in [1.807, 2.05) is 16.5 Å². The number of carbonyl (C=O) groups is 1. The van der Waals surface area contributed by atoms with Crippen LogP contribution in [0.5, 0.6) is 0 Å². The van der Waals surface area contributed by atoms with E-state index >= 15 is 0 Å². The minimum atomic E-state index is -0.0644. The number of nitrogen functional groups attached to an aromatic ring is 1. The van der Waals surface area contributed by atoms with Gasteiger partial charge in [0, 0.05) is 25.8 Å². The van der Waals surface area contributed by atoms with Gasteiger partial charge in [-0.05, 0) is 25.8 Å². The molecule has 2 rings (SSSR count). The fourth-order valence-corrected chi connectivity index (χ4v) is 2.19. The van der Waals surface area contributed by atoms with Crippen molar-refractivity contribution >= 4 is 11.6 Å². The second-order valence-electron chi connectivity index (χ2n) is 4.43. The summed E-state index contributed by atoms with van der Waals surface area (Å²) >= 11 is 0. The van der Waals surface area contributed by atoms with Crippen molar-refractivity contribution in [1.29, 1.82) is 0 Å². The third-order valence-corrected chi connectivity index (χ3v) is 3.11. The molecule has 0 saturated carbocycles. The Labute approximate surface area is 102 Å². The number of hydrazine groups is 1. The van der Waals surface area contributed by atoms with Crippen molar-refractivity contribution in [2.45, 2.75) is 32.7 Å². The zero-order chi connectivity index (χ0) is 12.3. The highest BCUT2D eigenvalue weighted by Crippen LogP contribution is 2.12. The van der Waals surface area contributed by atoms with Gasteiger partial charge in [-0.1, -0.05) is 6.42 Å². The van der Waals surface area contributed by atoms with E-state index in [-0.39, 0.29) is 5.91 Å². The lowest BCUT2D eigenvalue weighted by Crippen LogP contribution is -2.45. The van der Waals surface area contributed by atoms with Crippen LogP contribution in [0.15, 0.2) is 12.3 Å². The summed E-state index contributed by atoms with van der Waals surface area (Å²) in [6, 6.07) is 1.72. The van der Waals surface area contributed by atoms with Crippen LogP contribution in [0, 0.1) is 0 Å². The first-order chi connectivity index (χ1) is 8.20. The van der Waals surface area contributed by atoms with Crippen LogP contribution in [0.2, 0.25) is 0 Å². The van der Waals surface area contributed by atoms with Gasteiger partial charge >= 0.3 is 0 Å². The summed E-state index contributed by atoms with van der Waals surface area (Å²) in [5.74, 6) is -0.0644.